The summed E-state index contributed by atoms with van der Waals surface area (Å²) in [5.74, 6) is 1.30. The molecule has 0 aliphatic heterocycles. The van der Waals surface area contributed by atoms with E-state index >= 15 is 0 Å². The van der Waals surface area contributed by atoms with Crippen LogP contribution in [0.1, 0.15) is 19.4 Å². The van der Waals surface area contributed by atoms with E-state index in [0.29, 0.717) is 11.7 Å². The van der Waals surface area contributed by atoms with E-state index in [4.69, 9.17) is 10.5 Å². The third-order valence-corrected chi connectivity index (χ3v) is 2.64. The Morgan fingerprint density at radius 2 is 2.00 bits per heavy atom. The van der Waals surface area contributed by atoms with Crippen molar-refractivity contribution >= 4 is 5.95 Å². The zero-order valence-corrected chi connectivity index (χ0v) is 11.4. The second kappa shape index (κ2) is 5.65. The van der Waals surface area contributed by atoms with E-state index in [-0.39, 0.29) is 12.0 Å². The molecule has 5 nitrogen and oxygen atoms in total. The SMILES string of the molecule is COc1nc(N)nc(-c2cccc(CC(C)C)c2)n1. The average molecular weight is 258 g/mol. The summed E-state index contributed by atoms with van der Waals surface area (Å²) < 4.78 is 5.01. The highest BCUT2D eigenvalue weighted by Gasteiger charge is 2.08. The molecule has 2 rings (SSSR count). The molecule has 100 valence electrons. The molecule has 2 aromatic rings. The molecule has 0 saturated heterocycles. The third-order valence-electron chi connectivity index (χ3n) is 2.64. The van der Waals surface area contributed by atoms with Gasteiger partial charge in [-0.3, -0.25) is 0 Å². The lowest BCUT2D eigenvalue weighted by Gasteiger charge is -2.07. The van der Waals surface area contributed by atoms with E-state index in [0.717, 1.165) is 12.0 Å². The van der Waals surface area contributed by atoms with Crippen LogP contribution in [0, 0.1) is 5.92 Å². The Bertz CT molecular complexity index is 569. The maximum Gasteiger partial charge on any atom is 0.321 e. The molecule has 19 heavy (non-hydrogen) atoms. The summed E-state index contributed by atoms with van der Waals surface area (Å²) in [7, 11) is 1.51. The van der Waals surface area contributed by atoms with Crippen LogP contribution in [0.3, 0.4) is 0 Å². The molecule has 0 aliphatic carbocycles. The van der Waals surface area contributed by atoms with Gasteiger partial charge in [-0.1, -0.05) is 32.0 Å². The summed E-state index contributed by atoms with van der Waals surface area (Å²) in [5.41, 5.74) is 7.83. The normalized spacial score (nSPS) is 10.7. The molecule has 0 bridgehead atoms. The van der Waals surface area contributed by atoms with Gasteiger partial charge >= 0.3 is 6.01 Å². The van der Waals surface area contributed by atoms with Crippen molar-refractivity contribution in [2.45, 2.75) is 20.3 Å². The molecule has 5 heteroatoms. The van der Waals surface area contributed by atoms with Crippen molar-refractivity contribution in [3.05, 3.63) is 29.8 Å². The lowest BCUT2D eigenvalue weighted by molar-refractivity contribution is 0.379. The standard InChI is InChI=1S/C14H18N4O/c1-9(2)7-10-5-4-6-11(8-10)12-16-13(15)18-14(17-12)19-3/h4-6,8-9H,7H2,1-3H3,(H2,15,16,17,18). The first-order valence-electron chi connectivity index (χ1n) is 6.23. The largest absolute Gasteiger partial charge is 0.467 e. The number of ether oxygens (including phenoxy) is 1. The van der Waals surface area contributed by atoms with E-state index in [1.807, 2.05) is 12.1 Å². The van der Waals surface area contributed by atoms with Gasteiger partial charge in [0.25, 0.3) is 0 Å². The Morgan fingerprint density at radius 1 is 1.21 bits per heavy atom. The molecule has 0 spiro atoms. The number of anilines is 1. The Hall–Kier alpha value is -2.17. The van der Waals surface area contributed by atoms with Crippen molar-refractivity contribution in [1.82, 2.24) is 15.0 Å². The number of hydrogen-bond donors (Lipinski definition) is 1. The number of benzene rings is 1. The Kier molecular flexibility index (Phi) is 3.94. The van der Waals surface area contributed by atoms with Crippen molar-refractivity contribution in [2.75, 3.05) is 12.8 Å². The summed E-state index contributed by atoms with van der Waals surface area (Å²) >= 11 is 0. The number of methoxy groups -OCH3 is 1. The van der Waals surface area contributed by atoms with Crippen LogP contribution in [-0.4, -0.2) is 22.1 Å². The van der Waals surface area contributed by atoms with Crippen LogP contribution in [0.15, 0.2) is 24.3 Å². The van der Waals surface area contributed by atoms with Crippen LogP contribution < -0.4 is 10.5 Å². The first-order valence-corrected chi connectivity index (χ1v) is 6.23. The van der Waals surface area contributed by atoms with Crippen molar-refractivity contribution in [3.8, 4) is 17.4 Å². The van der Waals surface area contributed by atoms with Crippen LogP contribution in [0.5, 0.6) is 6.01 Å². The predicted octanol–water partition coefficient (Wildman–Crippen LogP) is 2.33. The molecule has 0 atom stereocenters. The minimum atomic E-state index is 0.163. The molecule has 0 unspecified atom stereocenters. The summed E-state index contributed by atoms with van der Waals surface area (Å²) in [6.45, 7) is 4.38. The van der Waals surface area contributed by atoms with Crippen LogP contribution in [0.2, 0.25) is 0 Å². The van der Waals surface area contributed by atoms with Gasteiger partial charge in [0, 0.05) is 5.56 Å². The van der Waals surface area contributed by atoms with Gasteiger partial charge in [0.05, 0.1) is 7.11 Å². The molecule has 1 aromatic heterocycles. The van der Waals surface area contributed by atoms with E-state index < -0.39 is 0 Å². The monoisotopic (exact) mass is 258 g/mol. The average Bonchev–Trinajstić information content (AvgIpc) is 2.37. The summed E-state index contributed by atoms with van der Waals surface area (Å²) in [6.07, 6.45) is 1.02. The van der Waals surface area contributed by atoms with Gasteiger partial charge in [-0.2, -0.15) is 15.0 Å². The molecule has 0 aliphatic rings. The van der Waals surface area contributed by atoms with Crippen LogP contribution in [0.25, 0.3) is 11.4 Å². The highest BCUT2D eigenvalue weighted by molar-refractivity contribution is 5.57. The van der Waals surface area contributed by atoms with Gasteiger partial charge in [-0.25, -0.2) is 0 Å². The van der Waals surface area contributed by atoms with Crippen molar-refractivity contribution in [1.29, 1.82) is 0 Å². The summed E-state index contributed by atoms with van der Waals surface area (Å²) in [4.78, 5) is 12.2. The maximum absolute atomic E-state index is 5.65. The minimum Gasteiger partial charge on any atom is -0.467 e. The molecule has 0 saturated carbocycles. The van der Waals surface area contributed by atoms with Crippen molar-refractivity contribution < 1.29 is 4.74 Å². The van der Waals surface area contributed by atoms with Crippen molar-refractivity contribution in [3.63, 3.8) is 0 Å². The van der Waals surface area contributed by atoms with Gasteiger partial charge in [-0.05, 0) is 24.0 Å². The lowest BCUT2D eigenvalue weighted by atomic mass is 10.0. The summed E-state index contributed by atoms with van der Waals surface area (Å²) in [5, 5.41) is 0. The molecule has 0 radical (unpaired) electrons. The number of nitrogen functional groups attached to an aromatic ring is 1. The fourth-order valence-corrected chi connectivity index (χ4v) is 1.90. The lowest BCUT2D eigenvalue weighted by Crippen LogP contribution is -2.03. The fourth-order valence-electron chi connectivity index (χ4n) is 1.90. The van der Waals surface area contributed by atoms with Gasteiger partial charge in [-0.15, -0.1) is 0 Å². The van der Waals surface area contributed by atoms with Gasteiger partial charge in [0.15, 0.2) is 5.82 Å². The smallest absolute Gasteiger partial charge is 0.321 e. The Morgan fingerprint density at radius 3 is 2.68 bits per heavy atom. The Balaban J connectivity index is 2.38. The molecule has 0 amide bonds. The van der Waals surface area contributed by atoms with Gasteiger partial charge in [0.2, 0.25) is 5.95 Å². The number of aromatic nitrogens is 3. The van der Waals surface area contributed by atoms with Crippen LogP contribution in [-0.2, 0) is 6.42 Å². The quantitative estimate of drug-likeness (QED) is 0.911. The first-order chi connectivity index (χ1) is 9.08. The van der Waals surface area contributed by atoms with E-state index in [1.54, 1.807) is 0 Å². The zero-order valence-electron chi connectivity index (χ0n) is 11.4. The maximum atomic E-state index is 5.65. The topological polar surface area (TPSA) is 73.9 Å². The highest BCUT2D eigenvalue weighted by Crippen LogP contribution is 2.20. The number of rotatable bonds is 4. The predicted molar refractivity (Wildman–Crippen MR) is 74.8 cm³/mol. The number of hydrogen-bond acceptors (Lipinski definition) is 5. The van der Waals surface area contributed by atoms with E-state index in [9.17, 15) is 0 Å². The summed E-state index contributed by atoms with van der Waals surface area (Å²) in [6, 6.07) is 8.37. The fraction of sp³-hybridized carbons (Fsp3) is 0.357. The second-order valence-corrected chi connectivity index (χ2v) is 4.80. The highest BCUT2D eigenvalue weighted by atomic mass is 16.5. The first kappa shape index (κ1) is 13.3. The van der Waals surface area contributed by atoms with Crippen LogP contribution in [0.4, 0.5) is 5.95 Å². The molecular formula is C14H18N4O. The second-order valence-electron chi connectivity index (χ2n) is 4.80. The molecule has 1 heterocycles. The van der Waals surface area contributed by atoms with Gasteiger partial charge < -0.3 is 10.5 Å². The number of nitrogens with zero attached hydrogens (tertiary/aromatic N) is 3. The minimum absolute atomic E-state index is 0.163. The molecule has 0 fully saturated rings. The van der Waals surface area contributed by atoms with E-state index in [1.165, 1.54) is 12.7 Å². The van der Waals surface area contributed by atoms with Gasteiger partial charge in [0.1, 0.15) is 0 Å². The van der Waals surface area contributed by atoms with Crippen molar-refractivity contribution in [2.24, 2.45) is 5.92 Å². The third kappa shape index (κ3) is 3.40. The molecule has 1 aromatic carbocycles. The molecular weight excluding hydrogens is 240 g/mol. The van der Waals surface area contributed by atoms with Crippen LogP contribution >= 0.6 is 0 Å². The Labute approximate surface area is 112 Å². The number of nitrogens with two attached hydrogens (primary N) is 1. The zero-order chi connectivity index (χ0) is 13.8. The van der Waals surface area contributed by atoms with E-state index in [2.05, 4.69) is 40.9 Å². The molecule has 2 N–H and O–H groups in total.